The van der Waals surface area contributed by atoms with E-state index in [-0.39, 0.29) is 5.91 Å². The quantitative estimate of drug-likeness (QED) is 0.722. The SMILES string of the molecule is O=C(c1cscn1)N1CCC(c2ccnc3ccccc23)CC1. The molecule has 1 aliphatic heterocycles. The summed E-state index contributed by atoms with van der Waals surface area (Å²) >= 11 is 1.47. The van der Waals surface area contributed by atoms with Gasteiger partial charge in [0, 0.05) is 30.1 Å². The molecule has 5 heteroatoms. The molecule has 116 valence electrons. The van der Waals surface area contributed by atoms with Crippen molar-refractivity contribution in [2.45, 2.75) is 18.8 Å². The molecule has 1 fully saturated rings. The fourth-order valence-corrected chi connectivity index (χ4v) is 3.87. The van der Waals surface area contributed by atoms with Crippen molar-refractivity contribution in [1.29, 1.82) is 0 Å². The van der Waals surface area contributed by atoms with Crippen LogP contribution in [0.3, 0.4) is 0 Å². The lowest BCUT2D eigenvalue weighted by Gasteiger charge is -2.32. The van der Waals surface area contributed by atoms with Gasteiger partial charge in [0.25, 0.3) is 5.91 Å². The molecule has 0 spiro atoms. The maximum atomic E-state index is 12.4. The molecule has 23 heavy (non-hydrogen) atoms. The number of aromatic nitrogens is 2. The third-order valence-electron chi connectivity index (χ3n) is 4.56. The van der Waals surface area contributed by atoms with Crippen molar-refractivity contribution < 1.29 is 4.79 Å². The Kier molecular flexibility index (Phi) is 3.79. The van der Waals surface area contributed by atoms with Gasteiger partial charge in [-0.2, -0.15) is 0 Å². The van der Waals surface area contributed by atoms with E-state index in [0.717, 1.165) is 31.4 Å². The van der Waals surface area contributed by atoms with E-state index in [1.807, 2.05) is 22.5 Å². The molecule has 4 nitrogen and oxygen atoms in total. The van der Waals surface area contributed by atoms with Gasteiger partial charge in [-0.3, -0.25) is 9.78 Å². The Morgan fingerprint density at radius 2 is 1.96 bits per heavy atom. The first-order valence-corrected chi connectivity index (χ1v) is 8.78. The highest BCUT2D eigenvalue weighted by molar-refractivity contribution is 7.07. The molecule has 0 atom stereocenters. The molecule has 4 rings (SSSR count). The second-order valence-corrected chi connectivity index (χ2v) is 6.58. The molecule has 0 unspecified atom stereocenters. The van der Waals surface area contributed by atoms with Gasteiger partial charge >= 0.3 is 0 Å². The molecule has 3 aromatic rings. The van der Waals surface area contributed by atoms with Crippen LogP contribution in [0.2, 0.25) is 0 Å². The summed E-state index contributed by atoms with van der Waals surface area (Å²) in [5.41, 5.74) is 4.69. The van der Waals surface area contributed by atoms with Crippen LogP contribution in [0.1, 0.15) is 34.8 Å². The minimum absolute atomic E-state index is 0.0595. The normalized spacial score (nSPS) is 15.9. The molecule has 1 amide bonds. The van der Waals surface area contributed by atoms with Crippen LogP contribution in [0.25, 0.3) is 10.9 Å². The topological polar surface area (TPSA) is 46.1 Å². The molecule has 2 aromatic heterocycles. The summed E-state index contributed by atoms with van der Waals surface area (Å²) in [6.45, 7) is 1.58. The van der Waals surface area contributed by atoms with Crippen LogP contribution in [-0.2, 0) is 0 Å². The van der Waals surface area contributed by atoms with E-state index in [1.54, 1.807) is 5.51 Å². The monoisotopic (exact) mass is 323 g/mol. The molecule has 0 N–H and O–H groups in total. The van der Waals surface area contributed by atoms with E-state index < -0.39 is 0 Å². The maximum absolute atomic E-state index is 12.4. The number of carbonyl (C=O) groups is 1. The van der Waals surface area contributed by atoms with Crippen LogP contribution in [0, 0.1) is 0 Å². The lowest BCUT2D eigenvalue weighted by Crippen LogP contribution is -2.38. The highest BCUT2D eigenvalue weighted by atomic mass is 32.1. The largest absolute Gasteiger partial charge is 0.337 e. The predicted molar refractivity (Wildman–Crippen MR) is 91.7 cm³/mol. The Morgan fingerprint density at radius 1 is 1.13 bits per heavy atom. The van der Waals surface area contributed by atoms with Crippen LogP contribution in [0.4, 0.5) is 0 Å². The van der Waals surface area contributed by atoms with E-state index >= 15 is 0 Å². The summed E-state index contributed by atoms with van der Waals surface area (Å²) in [5, 5.41) is 3.06. The molecule has 1 aliphatic rings. The first kappa shape index (κ1) is 14.3. The van der Waals surface area contributed by atoms with Crippen molar-refractivity contribution in [3.05, 3.63) is 58.7 Å². The van der Waals surface area contributed by atoms with Crippen molar-refractivity contribution in [1.82, 2.24) is 14.9 Å². The average Bonchev–Trinajstić information content (AvgIpc) is 3.15. The second kappa shape index (κ2) is 6.08. The van der Waals surface area contributed by atoms with Crippen LogP contribution in [0.5, 0.6) is 0 Å². The summed E-state index contributed by atoms with van der Waals surface area (Å²) in [7, 11) is 0. The average molecular weight is 323 g/mol. The Hall–Kier alpha value is -2.27. The lowest BCUT2D eigenvalue weighted by molar-refractivity contribution is 0.0708. The molecular weight excluding hydrogens is 306 g/mol. The highest BCUT2D eigenvalue weighted by Crippen LogP contribution is 2.32. The van der Waals surface area contributed by atoms with E-state index in [1.165, 1.54) is 22.3 Å². The summed E-state index contributed by atoms with van der Waals surface area (Å²) in [5.74, 6) is 0.548. The number of carbonyl (C=O) groups excluding carboxylic acids is 1. The van der Waals surface area contributed by atoms with Gasteiger partial charge in [0.2, 0.25) is 0 Å². The number of likely N-dealkylation sites (tertiary alicyclic amines) is 1. The highest BCUT2D eigenvalue weighted by Gasteiger charge is 2.26. The number of para-hydroxylation sites is 1. The molecule has 0 bridgehead atoms. The van der Waals surface area contributed by atoms with Gasteiger partial charge in [-0.05, 0) is 36.5 Å². The molecule has 0 aliphatic carbocycles. The van der Waals surface area contributed by atoms with Gasteiger partial charge in [-0.15, -0.1) is 11.3 Å². The fourth-order valence-electron chi connectivity index (χ4n) is 3.35. The standard InChI is InChI=1S/C18H17N3OS/c22-18(17-11-23-12-20-17)21-9-6-13(7-10-21)14-5-8-19-16-4-2-1-3-15(14)16/h1-5,8,11-13H,6-7,9-10H2. The summed E-state index contributed by atoms with van der Waals surface area (Å²) in [4.78, 5) is 22.9. The zero-order valence-electron chi connectivity index (χ0n) is 12.7. The number of amides is 1. The summed E-state index contributed by atoms with van der Waals surface area (Å²) < 4.78 is 0. The predicted octanol–water partition coefficient (Wildman–Crippen LogP) is 3.71. The van der Waals surface area contributed by atoms with Crippen LogP contribution in [0.15, 0.2) is 47.4 Å². The third-order valence-corrected chi connectivity index (χ3v) is 5.14. The number of hydrogen-bond acceptors (Lipinski definition) is 4. The number of nitrogens with zero attached hydrogens (tertiary/aromatic N) is 3. The van der Waals surface area contributed by atoms with Crippen LogP contribution >= 0.6 is 11.3 Å². The van der Waals surface area contributed by atoms with Gasteiger partial charge in [0.05, 0.1) is 11.0 Å². The second-order valence-electron chi connectivity index (χ2n) is 5.86. The number of fused-ring (bicyclic) bond motifs is 1. The Morgan fingerprint density at radius 3 is 2.74 bits per heavy atom. The van der Waals surface area contributed by atoms with Crippen LogP contribution < -0.4 is 0 Å². The van der Waals surface area contributed by atoms with E-state index in [0.29, 0.717) is 11.6 Å². The van der Waals surface area contributed by atoms with Crippen molar-refractivity contribution in [2.75, 3.05) is 13.1 Å². The van der Waals surface area contributed by atoms with Gasteiger partial charge < -0.3 is 4.90 Å². The van der Waals surface area contributed by atoms with Gasteiger partial charge in [-0.1, -0.05) is 18.2 Å². The molecule has 0 radical (unpaired) electrons. The van der Waals surface area contributed by atoms with Crippen molar-refractivity contribution in [3.63, 3.8) is 0 Å². The molecule has 1 saturated heterocycles. The summed E-state index contributed by atoms with van der Waals surface area (Å²) in [6, 6.07) is 10.4. The number of hydrogen-bond donors (Lipinski definition) is 0. The fraction of sp³-hybridized carbons (Fsp3) is 0.278. The number of piperidine rings is 1. The number of rotatable bonds is 2. The molecule has 3 heterocycles. The van der Waals surface area contributed by atoms with E-state index in [9.17, 15) is 4.79 Å². The third kappa shape index (κ3) is 2.72. The smallest absolute Gasteiger partial charge is 0.273 e. The lowest BCUT2D eigenvalue weighted by atomic mass is 9.87. The van der Waals surface area contributed by atoms with Crippen molar-refractivity contribution in [3.8, 4) is 0 Å². The Balaban J connectivity index is 1.52. The molecule has 1 aromatic carbocycles. The maximum Gasteiger partial charge on any atom is 0.273 e. The first-order chi connectivity index (χ1) is 11.3. The van der Waals surface area contributed by atoms with E-state index in [4.69, 9.17) is 0 Å². The van der Waals surface area contributed by atoms with E-state index in [2.05, 4.69) is 34.2 Å². The van der Waals surface area contributed by atoms with Gasteiger partial charge in [-0.25, -0.2) is 4.98 Å². The molecule has 0 saturated carbocycles. The summed E-state index contributed by atoms with van der Waals surface area (Å²) in [6.07, 6.45) is 3.87. The zero-order valence-corrected chi connectivity index (χ0v) is 13.5. The minimum atomic E-state index is 0.0595. The van der Waals surface area contributed by atoms with Crippen molar-refractivity contribution in [2.24, 2.45) is 0 Å². The zero-order chi connectivity index (χ0) is 15.6. The first-order valence-electron chi connectivity index (χ1n) is 7.84. The van der Waals surface area contributed by atoms with Crippen LogP contribution in [-0.4, -0.2) is 33.9 Å². The Bertz CT molecular complexity index is 818. The minimum Gasteiger partial charge on any atom is -0.337 e. The Labute approximate surface area is 138 Å². The van der Waals surface area contributed by atoms with Gasteiger partial charge in [0.1, 0.15) is 5.69 Å². The number of pyridine rings is 1. The number of thiazole rings is 1. The van der Waals surface area contributed by atoms with Crippen molar-refractivity contribution >= 4 is 28.1 Å². The van der Waals surface area contributed by atoms with Gasteiger partial charge in [0.15, 0.2) is 0 Å². The number of benzene rings is 1. The molecular formula is C18H17N3OS.